The second-order valence-corrected chi connectivity index (χ2v) is 3.06. The van der Waals surface area contributed by atoms with Crippen LogP contribution in [0.4, 0.5) is 0 Å². The fourth-order valence-electron chi connectivity index (χ4n) is 1.11. The monoisotopic (exact) mass is 229 g/mol. The third kappa shape index (κ3) is 6.94. The van der Waals surface area contributed by atoms with Crippen LogP contribution < -0.4 is 5.73 Å². The molecule has 4 heteroatoms. The van der Waals surface area contributed by atoms with Crippen LogP contribution in [0.25, 0.3) is 0 Å². The van der Waals surface area contributed by atoms with Gasteiger partial charge in [-0.05, 0) is 12.0 Å². The highest BCUT2D eigenvalue weighted by Crippen LogP contribution is 1.99. The first-order valence-corrected chi connectivity index (χ1v) is 4.69. The highest BCUT2D eigenvalue weighted by Gasteiger charge is 1.95. The molecule has 15 heavy (non-hydrogen) atoms. The lowest BCUT2D eigenvalue weighted by atomic mass is 10.2. The number of halogens is 1. The molecule has 1 amide bonds. The molecule has 1 aromatic rings. The minimum Gasteiger partial charge on any atom is -0.381 e. The van der Waals surface area contributed by atoms with Crippen molar-refractivity contribution in [3.63, 3.8) is 0 Å². The molecular weight excluding hydrogens is 214 g/mol. The molecule has 0 aliphatic heterocycles. The number of rotatable bonds is 6. The molecule has 0 bridgehead atoms. The normalized spacial score (nSPS) is 9.33. The van der Waals surface area contributed by atoms with Gasteiger partial charge in [-0.2, -0.15) is 0 Å². The van der Waals surface area contributed by atoms with Crippen LogP contribution in [-0.4, -0.2) is 19.1 Å². The van der Waals surface area contributed by atoms with Crippen LogP contribution in [0, 0.1) is 0 Å². The standard InChI is InChI=1S/C11H15NO2.ClH/c12-11(13)7-9-14-8-6-10-4-2-1-3-5-10;/h1-5H,6-9H2,(H2,12,13);1H. The zero-order chi connectivity index (χ0) is 10.2. The zero-order valence-electron chi connectivity index (χ0n) is 8.52. The van der Waals surface area contributed by atoms with Crippen molar-refractivity contribution in [3.8, 4) is 0 Å². The maximum Gasteiger partial charge on any atom is 0.219 e. The fourth-order valence-corrected chi connectivity index (χ4v) is 1.11. The summed E-state index contributed by atoms with van der Waals surface area (Å²) >= 11 is 0. The molecule has 0 unspecified atom stereocenters. The molecule has 2 N–H and O–H groups in total. The number of ether oxygens (including phenoxy) is 1. The van der Waals surface area contributed by atoms with E-state index in [0.717, 1.165) is 6.42 Å². The molecule has 0 radical (unpaired) electrons. The Morgan fingerprint density at radius 1 is 1.20 bits per heavy atom. The lowest BCUT2D eigenvalue weighted by molar-refractivity contribution is -0.119. The Labute approximate surface area is 96.0 Å². The van der Waals surface area contributed by atoms with E-state index in [0.29, 0.717) is 19.6 Å². The van der Waals surface area contributed by atoms with Gasteiger partial charge in [0, 0.05) is 6.42 Å². The third-order valence-electron chi connectivity index (χ3n) is 1.87. The Morgan fingerprint density at radius 3 is 2.47 bits per heavy atom. The van der Waals surface area contributed by atoms with Gasteiger partial charge in [-0.3, -0.25) is 4.79 Å². The first-order valence-electron chi connectivity index (χ1n) is 4.69. The van der Waals surface area contributed by atoms with Crippen molar-refractivity contribution in [2.45, 2.75) is 12.8 Å². The highest BCUT2D eigenvalue weighted by atomic mass is 35.5. The SMILES string of the molecule is Cl.NC(=O)CCOCCc1ccccc1. The van der Waals surface area contributed by atoms with Gasteiger partial charge in [0.15, 0.2) is 0 Å². The van der Waals surface area contributed by atoms with Crippen molar-refractivity contribution in [1.29, 1.82) is 0 Å². The number of hydrogen-bond acceptors (Lipinski definition) is 2. The summed E-state index contributed by atoms with van der Waals surface area (Å²) in [7, 11) is 0. The van der Waals surface area contributed by atoms with Crippen molar-refractivity contribution < 1.29 is 9.53 Å². The molecule has 0 heterocycles. The van der Waals surface area contributed by atoms with Gasteiger partial charge in [-0.15, -0.1) is 12.4 Å². The Balaban J connectivity index is 0.00000196. The molecule has 84 valence electrons. The van der Waals surface area contributed by atoms with E-state index in [1.54, 1.807) is 0 Å². The third-order valence-corrected chi connectivity index (χ3v) is 1.87. The summed E-state index contributed by atoms with van der Waals surface area (Å²) in [6.45, 7) is 1.06. The van der Waals surface area contributed by atoms with Crippen molar-refractivity contribution in [2.75, 3.05) is 13.2 Å². The maximum atomic E-state index is 10.4. The summed E-state index contributed by atoms with van der Waals surface area (Å²) in [4.78, 5) is 10.4. The molecule has 1 rings (SSSR count). The van der Waals surface area contributed by atoms with Crippen molar-refractivity contribution in [2.24, 2.45) is 5.73 Å². The second-order valence-electron chi connectivity index (χ2n) is 3.06. The first-order chi connectivity index (χ1) is 6.79. The molecule has 3 nitrogen and oxygen atoms in total. The van der Waals surface area contributed by atoms with Crippen molar-refractivity contribution in [1.82, 2.24) is 0 Å². The molecule has 0 fully saturated rings. The van der Waals surface area contributed by atoms with E-state index in [9.17, 15) is 4.79 Å². The first kappa shape index (κ1) is 13.9. The lowest BCUT2D eigenvalue weighted by Gasteiger charge is -2.02. The Bertz CT molecular complexity index is 277. The molecule has 0 saturated carbocycles. The molecule has 1 aromatic carbocycles. The molecular formula is C11H16ClNO2. The number of carbonyl (C=O) groups is 1. The van der Waals surface area contributed by atoms with Crippen molar-refractivity contribution >= 4 is 18.3 Å². The van der Waals surface area contributed by atoms with E-state index in [4.69, 9.17) is 10.5 Å². The van der Waals surface area contributed by atoms with E-state index in [2.05, 4.69) is 12.1 Å². The van der Waals surface area contributed by atoms with E-state index in [-0.39, 0.29) is 18.3 Å². The van der Waals surface area contributed by atoms with Gasteiger partial charge in [0.2, 0.25) is 5.91 Å². The average molecular weight is 230 g/mol. The predicted octanol–water partition coefficient (Wildman–Crippen LogP) is 1.54. The van der Waals surface area contributed by atoms with E-state index < -0.39 is 0 Å². The molecule has 0 atom stereocenters. The Hall–Kier alpha value is -1.06. The zero-order valence-corrected chi connectivity index (χ0v) is 9.33. The summed E-state index contributed by atoms with van der Waals surface area (Å²) in [5.74, 6) is -0.315. The van der Waals surface area contributed by atoms with Crippen LogP contribution in [0.1, 0.15) is 12.0 Å². The number of primary amides is 1. The molecule has 0 aromatic heterocycles. The van der Waals surface area contributed by atoms with Crippen LogP contribution in [-0.2, 0) is 16.0 Å². The summed E-state index contributed by atoms with van der Waals surface area (Å²) in [6, 6.07) is 10.1. The van der Waals surface area contributed by atoms with Gasteiger partial charge in [0.1, 0.15) is 0 Å². The van der Waals surface area contributed by atoms with Crippen LogP contribution >= 0.6 is 12.4 Å². The van der Waals surface area contributed by atoms with Gasteiger partial charge < -0.3 is 10.5 Å². The highest BCUT2D eigenvalue weighted by molar-refractivity contribution is 5.85. The summed E-state index contributed by atoms with van der Waals surface area (Å²) < 4.78 is 5.25. The largest absolute Gasteiger partial charge is 0.381 e. The fraction of sp³-hybridized carbons (Fsp3) is 0.364. The predicted molar refractivity (Wildman–Crippen MR) is 62.0 cm³/mol. The van der Waals surface area contributed by atoms with Gasteiger partial charge >= 0.3 is 0 Å². The Kier molecular flexibility index (Phi) is 7.68. The number of amides is 1. The molecule has 0 saturated heterocycles. The minimum absolute atomic E-state index is 0. The minimum atomic E-state index is -0.315. The maximum absolute atomic E-state index is 10.4. The van der Waals surface area contributed by atoms with E-state index >= 15 is 0 Å². The number of nitrogens with two attached hydrogens (primary N) is 1. The van der Waals surface area contributed by atoms with Crippen LogP contribution in [0.2, 0.25) is 0 Å². The summed E-state index contributed by atoms with van der Waals surface area (Å²) in [5, 5.41) is 0. The summed E-state index contributed by atoms with van der Waals surface area (Å²) in [6.07, 6.45) is 1.17. The molecule has 0 aliphatic rings. The summed E-state index contributed by atoms with van der Waals surface area (Å²) in [5.41, 5.74) is 6.21. The number of carbonyl (C=O) groups excluding carboxylic acids is 1. The number of hydrogen-bond donors (Lipinski definition) is 1. The van der Waals surface area contributed by atoms with Gasteiger partial charge in [0.25, 0.3) is 0 Å². The van der Waals surface area contributed by atoms with Crippen LogP contribution in [0.5, 0.6) is 0 Å². The molecule has 0 spiro atoms. The average Bonchev–Trinajstić information content (AvgIpc) is 2.18. The van der Waals surface area contributed by atoms with Crippen LogP contribution in [0.3, 0.4) is 0 Å². The Morgan fingerprint density at radius 2 is 1.87 bits per heavy atom. The van der Waals surface area contributed by atoms with Crippen LogP contribution in [0.15, 0.2) is 30.3 Å². The van der Waals surface area contributed by atoms with Gasteiger partial charge in [-0.25, -0.2) is 0 Å². The van der Waals surface area contributed by atoms with Crippen molar-refractivity contribution in [3.05, 3.63) is 35.9 Å². The topological polar surface area (TPSA) is 52.3 Å². The second kappa shape index (κ2) is 8.26. The quantitative estimate of drug-likeness (QED) is 0.753. The smallest absolute Gasteiger partial charge is 0.219 e. The van der Waals surface area contributed by atoms with Gasteiger partial charge in [0.05, 0.1) is 13.2 Å². The lowest BCUT2D eigenvalue weighted by Crippen LogP contribution is -2.14. The van der Waals surface area contributed by atoms with E-state index in [1.165, 1.54) is 5.56 Å². The molecule has 0 aliphatic carbocycles. The number of benzene rings is 1. The van der Waals surface area contributed by atoms with E-state index in [1.807, 2.05) is 18.2 Å². The van der Waals surface area contributed by atoms with Gasteiger partial charge in [-0.1, -0.05) is 30.3 Å².